The molecule has 0 saturated carbocycles. The normalized spacial score (nSPS) is 27.5. The molecule has 2 rings (SSSR count). The summed E-state index contributed by atoms with van der Waals surface area (Å²) in [5, 5.41) is 18.5. The lowest BCUT2D eigenvalue weighted by molar-refractivity contribution is -0.148. The maximum atomic E-state index is 11.8. The van der Waals surface area contributed by atoms with Gasteiger partial charge in [0.15, 0.2) is 0 Å². The summed E-state index contributed by atoms with van der Waals surface area (Å²) in [7, 11) is 0. The number of fused-ring (bicyclic) bond motifs is 1. The van der Waals surface area contributed by atoms with E-state index in [2.05, 4.69) is 6.58 Å². The molecule has 2 N–H and O–H groups in total. The molecular formula is C19H26O6. The van der Waals surface area contributed by atoms with Crippen molar-refractivity contribution in [1.82, 2.24) is 0 Å². The maximum absolute atomic E-state index is 11.8. The van der Waals surface area contributed by atoms with Crippen LogP contribution in [-0.4, -0.2) is 48.1 Å². The molecule has 2 aliphatic rings. The van der Waals surface area contributed by atoms with Crippen LogP contribution in [0.25, 0.3) is 0 Å². The highest BCUT2D eigenvalue weighted by Crippen LogP contribution is 2.34. The number of rotatable bonds is 5. The molecule has 1 saturated heterocycles. The fourth-order valence-electron chi connectivity index (χ4n) is 2.99. The first-order valence-electron chi connectivity index (χ1n) is 8.60. The zero-order valence-corrected chi connectivity index (χ0v) is 14.6. The van der Waals surface area contributed by atoms with Crippen LogP contribution in [0.1, 0.15) is 32.6 Å². The molecule has 0 spiro atoms. The minimum absolute atomic E-state index is 0.0741. The second kappa shape index (κ2) is 8.97. The van der Waals surface area contributed by atoms with Gasteiger partial charge in [0, 0.05) is 17.9 Å². The van der Waals surface area contributed by atoms with Crippen LogP contribution < -0.4 is 0 Å². The van der Waals surface area contributed by atoms with Gasteiger partial charge in [-0.05, 0) is 37.3 Å². The number of carbonyl (C=O) groups excluding carboxylic acids is 2. The van der Waals surface area contributed by atoms with Gasteiger partial charge in [-0.25, -0.2) is 4.79 Å². The number of aliphatic hydroxyl groups is 2. The molecule has 0 bridgehead atoms. The molecule has 1 aliphatic carbocycles. The van der Waals surface area contributed by atoms with E-state index in [1.54, 1.807) is 6.92 Å². The highest BCUT2D eigenvalue weighted by Gasteiger charge is 2.38. The van der Waals surface area contributed by atoms with Crippen molar-refractivity contribution in [2.45, 2.75) is 38.7 Å². The molecular weight excluding hydrogens is 324 g/mol. The molecule has 1 heterocycles. The van der Waals surface area contributed by atoms with Crippen LogP contribution in [0.3, 0.4) is 0 Å². The molecule has 0 aromatic carbocycles. The Morgan fingerprint density at radius 1 is 1.40 bits per heavy atom. The highest BCUT2D eigenvalue weighted by atomic mass is 16.6. The van der Waals surface area contributed by atoms with Crippen LogP contribution in [0.15, 0.2) is 35.5 Å². The average Bonchev–Trinajstić information content (AvgIpc) is 2.88. The second-order valence-corrected chi connectivity index (χ2v) is 6.63. The first-order valence-corrected chi connectivity index (χ1v) is 8.60. The summed E-state index contributed by atoms with van der Waals surface area (Å²) in [4.78, 5) is 23.6. The molecule has 3 atom stereocenters. The van der Waals surface area contributed by atoms with Gasteiger partial charge in [0.25, 0.3) is 0 Å². The van der Waals surface area contributed by atoms with Gasteiger partial charge in [0.2, 0.25) is 0 Å². The zero-order valence-electron chi connectivity index (χ0n) is 14.6. The van der Waals surface area contributed by atoms with Gasteiger partial charge in [-0.15, -0.1) is 0 Å². The van der Waals surface area contributed by atoms with E-state index in [0.29, 0.717) is 31.3 Å². The van der Waals surface area contributed by atoms with Gasteiger partial charge in [-0.1, -0.05) is 18.7 Å². The van der Waals surface area contributed by atoms with E-state index in [9.17, 15) is 14.7 Å². The Labute approximate surface area is 147 Å². The van der Waals surface area contributed by atoms with Crippen LogP contribution in [0.2, 0.25) is 0 Å². The van der Waals surface area contributed by atoms with E-state index in [0.717, 1.165) is 11.1 Å². The number of ether oxygens (including phenoxy) is 2. The van der Waals surface area contributed by atoms with Gasteiger partial charge < -0.3 is 19.7 Å². The first kappa shape index (κ1) is 19.4. The quantitative estimate of drug-likeness (QED) is 0.445. The van der Waals surface area contributed by atoms with Crippen LogP contribution in [0.4, 0.5) is 0 Å². The Kier molecular flexibility index (Phi) is 6.96. The molecule has 25 heavy (non-hydrogen) atoms. The zero-order chi connectivity index (χ0) is 18.4. The van der Waals surface area contributed by atoms with E-state index in [1.165, 1.54) is 0 Å². The Balaban J connectivity index is 2.11. The second-order valence-electron chi connectivity index (χ2n) is 6.63. The topological polar surface area (TPSA) is 93.1 Å². The summed E-state index contributed by atoms with van der Waals surface area (Å²) >= 11 is 0. The van der Waals surface area contributed by atoms with Crippen molar-refractivity contribution in [3.05, 3.63) is 35.5 Å². The standard InChI is InChI=1S/C19H26O6/c1-12(9-20)18(22)24-11-14-4-3-5-15(10-21)8-17-16(7-6-14)13(2)19(23)25-17/h5-6,12,16-17,20-21H,2-4,7-11H2,1H3/b14-6-,15-5?/t12?,16-,17+/m1/s1. The number of allylic oxidation sites excluding steroid dienone is 2. The lowest BCUT2D eigenvalue weighted by atomic mass is 9.87. The number of hydrogen-bond acceptors (Lipinski definition) is 6. The Hall–Kier alpha value is -1.92. The van der Waals surface area contributed by atoms with E-state index >= 15 is 0 Å². The van der Waals surface area contributed by atoms with Gasteiger partial charge >= 0.3 is 11.9 Å². The lowest BCUT2D eigenvalue weighted by Crippen LogP contribution is -2.20. The van der Waals surface area contributed by atoms with Crippen molar-refractivity contribution in [3.8, 4) is 0 Å². The van der Waals surface area contributed by atoms with Crippen LogP contribution in [0, 0.1) is 11.8 Å². The minimum Gasteiger partial charge on any atom is -0.461 e. The van der Waals surface area contributed by atoms with Gasteiger partial charge in [0.1, 0.15) is 12.7 Å². The molecule has 0 radical (unpaired) electrons. The molecule has 0 aromatic heterocycles. The Morgan fingerprint density at radius 2 is 2.16 bits per heavy atom. The number of hydrogen-bond donors (Lipinski definition) is 2. The van der Waals surface area contributed by atoms with Crippen LogP contribution in [-0.2, 0) is 19.1 Å². The fraction of sp³-hybridized carbons (Fsp3) is 0.579. The first-order chi connectivity index (χ1) is 12.0. The average molecular weight is 350 g/mol. The Bertz CT molecular complexity index is 589. The van der Waals surface area contributed by atoms with E-state index in [4.69, 9.17) is 14.6 Å². The maximum Gasteiger partial charge on any atom is 0.334 e. The van der Waals surface area contributed by atoms with Gasteiger partial charge in [0.05, 0.1) is 19.1 Å². The third-order valence-corrected chi connectivity index (χ3v) is 4.72. The molecule has 1 fully saturated rings. The van der Waals surface area contributed by atoms with Crippen LogP contribution in [0.5, 0.6) is 0 Å². The fourth-order valence-corrected chi connectivity index (χ4v) is 2.99. The summed E-state index contributed by atoms with van der Waals surface area (Å²) in [6.07, 6.45) is 6.12. The van der Waals surface area contributed by atoms with Crippen molar-refractivity contribution in [1.29, 1.82) is 0 Å². The van der Waals surface area contributed by atoms with Crippen molar-refractivity contribution in [2.24, 2.45) is 11.8 Å². The molecule has 6 heteroatoms. The van der Waals surface area contributed by atoms with Gasteiger partial charge in [-0.2, -0.15) is 0 Å². The summed E-state index contributed by atoms with van der Waals surface area (Å²) < 4.78 is 10.6. The smallest absolute Gasteiger partial charge is 0.334 e. The molecule has 0 amide bonds. The minimum atomic E-state index is -0.550. The predicted molar refractivity (Wildman–Crippen MR) is 91.4 cm³/mol. The summed E-state index contributed by atoms with van der Waals surface area (Å²) in [5.41, 5.74) is 2.23. The van der Waals surface area contributed by atoms with E-state index < -0.39 is 11.9 Å². The van der Waals surface area contributed by atoms with Crippen molar-refractivity contribution < 1.29 is 29.3 Å². The summed E-state index contributed by atoms with van der Waals surface area (Å²) in [5.74, 6) is -1.51. The summed E-state index contributed by atoms with van der Waals surface area (Å²) in [6.45, 7) is 5.28. The number of carbonyl (C=O) groups is 2. The monoisotopic (exact) mass is 350 g/mol. The van der Waals surface area contributed by atoms with Gasteiger partial charge in [-0.3, -0.25) is 4.79 Å². The van der Waals surface area contributed by atoms with Crippen molar-refractivity contribution in [3.63, 3.8) is 0 Å². The molecule has 1 aliphatic heterocycles. The SMILES string of the molecule is C=C1C(=O)O[C@H]2CC(CO)=CCC/C(COC(=O)C(C)CO)=C/C[C@H]12. The predicted octanol–water partition coefficient (Wildman–Crippen LogP) is 1.67. The molecule has 0 aromatic rings. The van der Waals surface area contributed by atoms with Crippen LogP contribution >= 0.6 is 0 Å². The summed E-state index contributed by atoms with van der Waals surface area (Å²) in [6, 6.07) is 0. The largest absolute Gasteiger partial charge is 0.461 e. The number of aliphatic hydroxyl groups excluding tert-OH is 2. The molecule has 138 valence electrons. The van der Waals surface area contributed by atoms with E-state index in [1.807, 2.05) is 12.2 Å². The Morgan fingerprint density at radius 3 is 2.84 bits per heavy atom. The lowest BCUT2D eigenvalue weighted by Gasteiger charge is -2.20. The highest BCUT2D eigenvalue weighted by molar-refractivity contribution is 5.90. The molecule has 6 nitrogen and oxygen atoms in total. The third-order valence-electron chi connectivity index (χ3n) is 4.72. The molecule has 1 unspecified atom stereocenters. The van der Waals surface area contributed by atoms with Crippen molar-refractivity contribution in [2.75, 3.05) is 19.8 Å². The van der Waals surface area contributed by atoms with E-state index in [-0.39, 0.29) is 37.8 Å². The van der Waals surface area contributed by atoms with Crippen molar-refractivity contribution >= 4 is 11.9 Å². The number of esters is 2. The third kappa shape index (κ3) is 5.03.